The molecule has 1 aliphatic heterocycles. The number of piperidine rings is 1. The molecule has 23 heavy (non-hydrogen) atoms. The van der Waals surface area contributed by atoms with Gasteiger partial charge >= 0.3 is 0 Å². The maximum absolute atomic E-state index is 4.73. The third kappa shape index (κ3) is 3.47. The first kappa shape index (κ1) is 16.2. The molecule has 0 saturated carbocycles. The molecule has 6 heteroatoms. The molecule has 0 unspecified atom stereocenters. The fourth-order valence-corrected chi connectivity index (χ4v) is 3.30. The number of aromatic nitrogens is 5. The molecular formula is C17H28N6. The number of hydrogen-bond acceptors (Lipinski definition) is 4. The van der Waals surface area contributed by atoms with Crippen molar-refractivity contribution < 1.29 is 0 Å². The minimum absolute atomic E-state index is 0.320. The van der Waals surface area contributed by atoms with Gasteiger partial charge in [-0.25, -0.2) is 9.97 Å². The fraction of sp³-hybridized carbons (Fsp3) is 0.706. The lowest BCUT2D eigenvalue weighted by Gasteiger charge is -2.34. The zero-order chi connectivity index (χ0) is 16.4. The van der Waals surface area contributed by atoms with Gasteiger partial charge in [0.05, 0.1) is 12.6 Å². The van der Waals surface area contributed by atoms with Gasteiger partial charge in [0.1, 0.15) is 11.6 Å². The molecule has 3 rings (SSSR count). The first-order valence-electron chi connectivity index (χ1n) is 8.74. The van der Waals surface area contributed by atoms with Crippen LogP contribution in [-0.2, 0) is 6.54 Å². The van der Waals surface area contributed by atoms with Crippen LogP contribution in [-0.4, -0.2) is 36.2 Å². The zero-order valence-corrected chi connectivity index (χ0v) is 14.7. The molecule has 0 aromatic carbocycles. The minimum atomic E-state index is 0.320. The highest BCUT2D eigenvalue weighted by Crippen LogP contribution is 2.30. The van der Waals surface area contributed by atoms with E-state index in [1.165, 1.54) is 12.8 Å². The second-order valence-electron chi connectivity index (χ2n) is 7.06. The average molecular weight is 316 g/mol. The monoisotopic (exact) mass is 316 g/mol. The molecule has 0 aliphatic carbocycles. The fourth-order valence-electron chi connectivity index (χ4n) is 3.30. The van der Waals surface area contributed by atoms with Crippen molar-refractivity contribution in [2.45, 2.75) is 71.5 Å². The quantitative estimate of drug-likeness (QED) is 0.918. The van der Waals surface area contributed by atoms with Crippen molar-refractivity contribution in [3.05, 3.63) is 29.9 Å². The van der Waals surface area contributed by atoms with Crippen LogP contribution in [0.15, 0.2) is 12.4 Å². The molecule has 1 fully saturated rings. The Hall–Kier alpha value is -1.69. The number of H-pyrrole nitrogens is 1. The van der Waals surface area contributed by atoms with Gasteiger partial charge in [0.2, 0.25) is 0 Å². The topological polar surface area (TPSA) is 62.6 Å². The molecule has 126 valence electrons. The van der Waals surface area contributed by atoms with E-state index in [0.717, 1.165) is 37.0 Å². The normalized spacial score (nSPS) is 19.8. The second kappa shape index (κ2) is 6.83. The predicted molar refractivity (Wildman–Crippen MR) is 90.1 cm³/mol. The van der Waals surface area contributed by atoms with Gasteiger partial charge < -0.3 is 4.57 Å². The Labute approximate surface area is 138 Å². The van der Waals surface area contributed by atoms with Gasteiger partial charge in [0.25, 0.3) is 0 Å². The molecule has 1 aliphatic rings. The summed E-state index contributed by atoms with van der Waals surface area (Å²) < 4.78 is 2.26. The lowest BCUT2D eigenvalue weighted by Crippen LogP contribution is -2.34. The van der Waals surface area contributed by atoms with Crippen molar-refractivity contribution in [2.75, 3.05) is 6.54 Å². The van der Waals surface area contributed by atoms with Gasteiger partial charge in [0.15, 0.2) is 5.82 Å². The summed E-state index contributed by atoms with van der Waals surface area (Å²) in [6.45, 7) is 10.6. The zero-order valence-electron chi connectivity index (χ0n) is 14.7. The summed E-state index contributed by atoms with van der Waals surface area (Å²) in [5.74, 6) is 3.41. The Morgan fingerprint density at radius 1 is 1.26 bits per heavy atom. The van der Waals surface area contributed by atoms with E-state index in [1.54, 1.807) is 0 Å². The number of hydrogen-bond donors (Lipinski definition) is 1. The van der Waals surface area contributed by atoms with Crippen molar-refractivity contribution in [1.82, 2.24) is 29.6 Å². The summed E-state index contributed by atoms with van der Waals surface area (Å²) in [5, 5.41) is 7.56. The van der Waals surface area contributed by atoms with Crippen LogP contribution in [0.4, 0.5) is 0 Å². The van der Waals surface area contributed by atoms with E-state index in [4.69, 9.17) is 4.98 Å². The van der Waals surface area contributed by atoms with Crippen LogP contribution in [0.25, 0.3) is 0 Å². The van der Waals surface area contributed by atoms with Gasteiger partial charge in [-0.1, -0.05) is 20.3 Å². The van der Waals surface area contributed by atoms with Crippen LogP contribution in [0.3, 0.4) is 0 Å². The molecule has 2 aromatic heterocycles. The SMILES string of the molecule is CC(C)c1n[nH]c([C@@H]2CCCCN2Cc2nccn2C(C)C)n1. The summed E-state index contributed by atoms with van der Waals surface area (Å²) in [7, 11) is 0. The lowest BCUT2D eigenvalue weighted by atomic mass is 10.0. The lowest BCUT2D eigenvalue weighted by molar-refractivity contribution is 0.128. The second-order valence-corrected chi connectivity index (χ2v) is 7.06. The van der Waals surface area contributed by atoms with Gasteiger partial charge in [-0.2, -0.15) is 5.10 Å². The van der Waals surface area contributed by atoms with Crippen molar-refractivity contribution in [3.8, 4) is 0 Å². The highest BCUT2D eigenvalue weighted by atomic mass is 15.3. The molecule has 1 N–H and O–H groups in total. The Morgan fingerprint density at radius 3 is 2.78 bits per heavy atom. The highest BCUT2D eigenvalue weighted by molar-refractivity contribution is 5.03. The molecule has 2 aromatic rings. The van der Waals surface area contributed by atoms with Crippen LogP contribution in [0.5, 0.6) is 0 Å². The summed E-state index contributed by atoms with van der Waals surface area (Å²) in [4.78, 5) is 11.8. The van der Waals surface area contributed by atoms with Gasteiger partial charge in [-0.15, -0.1) is 0 Å². The van der Waals surface area contributed by atoms with E-state index in [9.17, 15) is 0 Å². The third-order valence-electron chi connectivity index (χ3n) is 4.62. The molecule has 0 bridgehead atoms. The molecule has 0 spiro atoms. The minimum Gasteiger partial charge on any atom is -0.331 e. The number of nitrogens with one attached hydrogen (secondary N) is 1. The molecule has 0 amide bonds. The summed E-state index contributed by atoms with van der Waals surface area (Å²) >= 11 is 0. The third-order valence-corrected chi connectivity index (χ3v) is 4.62. The van der Waals surface area contributed by atoms with Gasteiger partial charge in [-0.3, -0.25) is 10.00 Å². The first-order valence-corrected chi connectivity index (χ1v) is 8.74. The maximum atomic E-state index is 4.73. The molecule has 1 atom stereocenters. The van der Waals surface area contributed by atoms with E-state index in [2.05, 4.69) is 58.5 Å². The molecule has 6 nitrogen and oxygen atoms in total. The van der Waals surface area contributed by atoms with Crippen LogP contribution in [0.2, 0.25) is 0 Å². The summed E-state index contributed by atoms with van der Waals surface area (Å²) in [6, 6.07) is 0.759. The van der Waals surface area contributed by atoms with Crippen LogP contribution < -0.4 is 0 Å². The molecule has 0 radical (unpaired) electrons. The smallest absolute Gasteiger partial charge is 0.153 e. The van der Waals surface area contributed by atoms with E-state index in [-0.39, 0.29) is 0 Å². The van der Waals surface area contributed by atoms with Crippen molar-refractivity contribution >= 4 is 0 Å². The average Bonchev–Trinajstić information content (AvgIpc) is 3.16. The van der Waals surface area contributed by atoms with Crippen molar-refractivity contribution in [1.29, 1.82) is 0 Å². The van der Waals surface area contributed by atoms with Crippen molar-refractivity contribution in [2.24, 2.45) is 0 Å². The first-order chi connectivity index (χ1) is 11.1. The van der Waals surface area contributed by atoms with E-state index in [1.807, 2.05) is 6.20 Å². The van der Waals surface area contributed by atoms with Crippen molar-refractivity contribution in [3.63, 3.8) is 0 Å². The Bertz CT molecular complexity index is 627. The Morgan fingerprint density at radius 2 is 2.09 bits per heavy atom. The number of nitrogens with zero attached hydrogens (tertiary/aromatic N) is 5. The van der Waals surface area contributed by atoms with E-state index >= 15 is 0 Å². The highest BCUT2D eigenvalue weighted by Gasteiger charge is 2.28. The Balaban J connectivity index is 1.79. The van der Waals surface area contributed by atoms with Crippen LogP contribution >= 0.6 is 0 Å². The number of imidazole rings is 1. The number of rotatable bonds is 5. The molecule has 3 heterocycles. The van der Waals surface area contributed by atoms with Gasteiger partial charge in [-0.05, 0) is 33.2 Å². The van der Waals surface area contributed by atoms with E-state index < -0.39 is 0 Å². The Kier molecular flexibility index (Phi) is 4.80. The molecule has 1 saturated heterocycles. The van der Waals surface area contributed by atoms with Crippen LogP contribution in [0.1, 0.15) is 82.4 Å². The van der Waals surface area contributed by atoms with Crippen LogP contribution in [0, 0.1) is 0 Å². The van der Waals surface area contributed by atoms with Gasteiger partial charge in [0, 0.05) is 24.4 Å². The maximum Gasteiger partial charge on any atom is 0.153 e. The standard InChI is InChI=1S/C17H28N6/c1-12(2)16-19-17(21-20-16)14-7-5-6-9-22(14)11-15-18-8-10-23(15)13(3)4/h8,10,12-14H,5-7,9,11H2,1-4H3,(H,19,20,21)/t14-/m0/s1. The van der Waals surface area contributed by atoms with E-state index in [0.29, 0.717) is 18.0 Å². The summed E-state index contributed by atoms with van der Waals surface area (Å²) in [6.07, 6.45) is 7.60. The predicted octanol–water partition coefficient (Wildman–Crippen LogP) is 3.43. The largest absolute Gasteiger partial charge is 0.331 e. The summed E-state index contributed by atoms with van der Waals surface area (Å²) in [5.41, 5.74) is 0. The number of aromatic amines is 1. The number of likely N-dealkylation sites (tertiary alicyclic amines) is 1. The molecular weight excluding hydrogens is 288 g/mol.